The van der Waals surface area contributed by atoms with Gasteiger partial charge in [0, 0.05) is 29.8 Å². The van der Waals surface area contributed by atoms with Gasteiger partial charge in [-0.2, -0.15) is 0 Å². The number of fused-ring (bicyclic) bond motifs is 2. The van der Waals surface area contributed by atoms with Crippen molar-refractivity contribution >= 4 is 27.9 Å². The van der Waals surface area contributed by atoms with E-state index in [-0.39, 0.29) is 11.3 Å². The number of benzene rings is 2. The Labute approximate surface area is 165 Å². The first-order chi connectivity index (χ1) is 13.9. The molecule has 0 aliphatic carbocycles. The summed E-state index contributed by atoms with van der Waals surface area (Å²) in [5.41, 5.74) is 8.29. The molecule has 0 fully saturated rings. The number of rotatable bonds is 6. The predicted molar refractivity (Wildman–Crippen MR) is 110 cm³/mol. The summed E-state index contributed by atoms with van der Waals surface area (Å²) in [6.07, 6.45) is 2.66. The van der Waals surface area contributed by atoms with Gasteiger partial charge < -0.3 is 25.5 Å². The highest BCUT2D eigenvalue weighted by Crippen LogP contribution is 2.31. The number of carboxylic acids is 1. The second-order valence-electron chi connectivity index (χ2n) is 6.96. The second-order valence-corrected chi connectivity index (χ2v) is 6.96. The Morgan fingerprint density at radius 2 is 2.03 bits per heavy atom. The van der Waals surface area contributed by atoms with Crippen LogP contribution in [0.25, 0.3) is 33.2 Å². The van der Waals surface area contributed by atoms with Crippen LogP contribution in [0.3, 0.4) is 0 Å². The monoisotopic (exact) mass is 392 g/mol. The summed E-state index contributed by atoms with van der Waals surface area (Å²) in [6, 6.07) is 11.3. The van der Waals surface area contributed by atoms with Crippen molar-refractivity contribution in [1.29, 1.82) is 0 Å². The number of phenols is 1. The molecule has 0 saturated heterocycles. The summed E-state index contributed by atoms with van der Waals surface area (Å²) in [5, 5.41) is 19.6. The average molecular weight is 392 g/mol. The van der Waals surface area contributed by atoms with E-state index in [4.69, 9.17) is 10.8 Å². The van der Waals surface area contributed by atoms with Gasteiger partial charge in [-0.3, -0.25) is 9.59 Å². The molecule has 8 nitrogen and oxygen atoms in total. The van der Waals surface area contributed by atoms with Crippen LogP contribution in [0.15, 0.2) is 53.5 Å². The van der Waals surface area contributed by atoms with Crippen LogP contribution in [0.1, 0.15) is 12.8 Å². The number of nitrogens with one attached hydrogen (secondary N) is 1. The predicted octanol–water partition coefficient (Wildman–Crippen LogP) is 2.44. The Balaban J connectivity index is 1.78. The molecule has 4 aromatic rings. The van der Waals surface area contributed by atoms with E-state index in [0.29, 0.717) is 41.7 Å². The Kier molecular flexibility index (Phi) is 4.77. The summed E-state index contributed by atoms with van der Waals surface area (Å²) in [7, 11) is 0. The average Bonchev–Trinajstić information content (AvgIpc) is 3.04. The van der Waals surface area contributed by atoms with Crippen molar-refractivity contribution in [3.63, 3.8) is 0 Å². The second kappa shape index (κ2) is 7.40. The third-order valence-electron chi connectivity index (χ3n) is 4.95. The number of nitrogens with two attached hydrogens (primary N) is 1. The van der Waals surface area contributed by atoms with Gasteiger partial charge in [-0.1, -0.05) is 12.1 Å². The van der Waals surface area contributed by atoms with Gasteiger partial charge in [-0.25, -0.2) is 4.98 Å². The highest BCUT2D eigenvalue weighted by molar-refractivity contribution is 5.96. The molecule has 0 aliphatic heterocycles. The number of aliphatic carboxylic acids is 1. The number of para-hydroxylation sites is 2. The number of aryl methyl sites for hydroxylation is 1. The van der Waals surface area contributed by atoms with Crippen LogP contribution in [0.2, 0.25) is 0 Å². The zero-order valence-electron chi connectivity index (χ0n) is 15.5. The number of nitrogens with zero attached hydrogens (tertiary/aromatic N) is 2. The summed E-state index contributed by atoms with van der Waals surface area (Å²) >= 11 is 0. The van der Waals surface area contributed by atoms with Gasteiger partial charge in [0.05, 0.1) is 16.6 Å². The smallest absolute Gasteiger partial charge is 0.320 e. The minimum Gasteiger partial charge on any atom is -0.508 e. The lowest BCUT2D eigenvalue weighted by Gasteiger charge is -2.08. The topological polar surface area (TPSA) is 134 Å². The van der Waals surface area contributed by atoms with E-state index in [1.807, 2.05) is 29.0 Å². The van der Waals surface area contributed by atoms with E-state index < -0.39 is 12.0 Å². The van der Waals surface area contributed by atoms with Crippen molar-refractivity contribution < 1.29 is 15.0 Å². The fraction of sp³-hybridized carbons (Fsp3) is 0.190. The number of hydrogen-bond donors (Lipinski definition) is 4. The van der Waals surface area contributed by atoms with E-state index in [2.05, 4.69) is 9.97 Å². The molecular formula is C21H20N4O4. The molecule has 0 aliphatic rings. The van der Waals surface area contributed by atoms with Gasteiger partial charge in [-0.05, 0) is 37.1 Å². The molecule has 8 heteroatoms. The number of hydrogen-bond acceptors (Lipinski definition) is 5. The molecule has 0 bridgehead atoms. The summed E-state index contributed by atoms with van der Waals surface area (Å²) in [5.74, 6) is -0.932. The number of aromatic hydroxyl groups is 1. The first kappa shape index (κ1) is 18.7. The number of phenolic OH excluding ortho intramolecular Hbond substituents is 1. The number of aromatic amines is 1. The normalized spacial score (nSPS) is 12.4. The van der Waals surface area contributed by atoms with Crippen LogP contribution >= 0.6 is 0 Å². The fourth-order valence-corrected chi connectivity index (χ4v) is 3.47. The summed E-state index contributed by atoms with van der Waals surface area (Å²) in [4.78, 5) is 31.0. The first-order valence-corrected chi connectivity index (χ1v) is 9.24. The fourth-order valence-electron chi connectivity index (χ4n) is 3.47. The van der Waals surface area contributed by atoms with Crippen molar-refractivity contribution in [2.45, 2.75) is 25.4 Å². The summed E-state index contributed by atoms with van der Waals surface area (Å²) < 4.78 is 1.88. The van der Waals surface area contributed by atoms with Gasteiger partial charge in [0.1, 0.15) is 17.5 Å². The Morgan fingerprint density at radius 1 is 1.24 bits per heavy atom. The van der Waals surface area contributed by atoms with Gasteiger partial charge in [0.15, 0.2) is 0 Å². The number of aromatic nitrogens is 3. The highest BCUT2D eigenvalue weighted by atomic mass is 16.4. The van der Waals surface area contributed by atoms with Gasteiger partial charge in [0.25, 0.3) is 5.56 Å². The number of carboxylic acid groups (broad SMARTS) is 1. The van der Waals surface area contributed by atoms with Crippen molar-refractivity contribution in [2.75, 3.05) is 0 Å². The minimum atomic E-state index is -1.03. The van der Waals surface area contributed by atoms with E-state index >= 15 is 0 Å². The Morgan fingerprint density at radius 3 is 2.83 bits per heavy atom. The molecule has 0 saturated carbocycles. The lowest BCUT2D eigenvalue weighted by molar-refractivity contribution is -0.138. The zero-order chi connectivity index (χ0) is 20.5. The van der Waals surface area contributed by atoms with E-state index in [1.165, 1.54) is 0 Å². The quantitative estimate of drug-likeness (QED) is 0.398. The molecule has 2 aromatic heterocycles. The van der Waals surface area contributed by atoms with Crippen LogP contribution in [0.4, 0.5) is 0 Å². The Hall–Kier alpha value is -3.65. The van der Waals surface area contributed by atoms with E-state index in [0.717, 1.165) is 10.9 Å². The third-order valence-corrected chi connectivity index (χ3v) is 4.95. The maximum absolute atomic E-state index is 12.7. The molecule has 0 spiro atoms. The largest absolute Gasteiger partial charge is 0.508 e. The first-order valence-electron chi connectivity index (χ1n) is 9.24. The molecule has 0 amide bonds. The maximum atomic E-state index is 12.7. The van der Waals surface area contributed by atoms with E-state index in [1.54, 1.807) is 24.3 Å². The lowest BCUT2D eigenvalue weighted by Crippen LogP contribution is -2.30. The SMILES string of the molecule is NC(CCCn1cc(-c2nc3ccccc3[nH]c2=O)c2ccc(O)cc21)C(=O)O. The lowest BCUT2D eigenvalue weighted by atomic mass is 10.1. The molecule has 29 heavy (non-hydrogen) atoms. The molecule has 148 valence electrons. The molecule has 1 unspecified atom stereocenters. The van der Waals surface area contributed by atoms with Crippen LogP contribution in [0, 0.1) is 0 Å². The Bertz CT molecular complexity index is 1270. The molecular weight excluding hydrogens is 372 g/mol. The van der Waals surface area contributed by atoms with Gasteiger partial charge >= 0.3 is 5.97 Å². The van der Waals surface area contributed by atoms with Crippen molar-refractivity contribution in [2.24, 2.45) is 5.73 Å². The van der Waals surface area contributed by atoms with Crippen molar-refractivity contribution in [3.05, 3.63) is 59.0 Å². The molecule has 2 aromatic carbocycles. The van der Waals surface area contributed by atoms with Crippen LogP contribution in [-0.2, 0) is 11.3 Å². The van der Waals surface area contributed by atoms with Crippen molar-refractivity contribution in [3.8, 4) is 17.0 Å². The number of carbonyl (C=O) groups is 1. The van der Waals surface area contributed by atoms with Crippen LogP contribution in [-0.4, -0.2) is 36.8 Å². The maximum Gasteiger partial charge on any atom is 0.320 e. The molecule has 2 heterocycles. The van der Waals surface area contributed by atoms with Gasteiger partial charge in [0.2, 0.25) is 0 Å². The minimum absolute atomic E-state index is 0.103. The highest BCUT2D eigenvalue weighted by Gasteiger charge is 2.17. The molecule has 1 atom stereocenters. The molecule has 0 radical (unpaired) electrons. The molecule has 4 rings (SSSR count). The zero-order valence-corrected chi connectivity index (χ0v) is 15.5. The van der Waals surface area contributed by atoms with Crippen molar-refractivity contribution in [1.82, 2.24) is 14.5 Å². The van der Waals surface area contributed by atoms with Gasteiger partial charge in [-0.15, -0.1) is 0 Å². The standard InChI is InChI=1S/C21H20N4O4/c22-15(21(28)29)4-3-9-25-11-14(13-8-7-12(26)10-18(13)25)19-20(27)24-17-6-2-1-5-16(17)23-19/h1-2,5-8,10-11,15,26H,3-4,9,22H2,(H,24,27)(H,28,29). The summed E-state index contributed by atoms with van der Waals surface area (Å²) in [6.45, 7) is 0.492. The molecule has 5 N–H and O–H groups in total. The van der Waals surface area contributed by atoms with E-state index in [9.17, 15) is 14.7 Å². The van der Waals surface area contributed by atoms with Crippen LogP contribution in [0.5, 0.6) is 5.75 Å². The number of H-pyrrole nitrogens is 1. The van der Waals surface area contributed by atoms with Crippen LogP contribution < -0.4 is 11.3 Å². The third kappa shape index (κ3) is 3.57.